The quantitative estimate of drug-likeness (QED) is 0.905. The SMILES string of the molecule is Cc1nc(C2CCN(C(=O)Nc3ncc(C4CC4)s3)CC2)n[nH]1. The zero-order chi connectivity index (χ0) is 15.8. The fourth-order valence-electron chi connectivity index (χ4n) is 2.95. The number of H-pyrrole nitrogens is 1. The lowest BCUT2D eigenvalue weighted by Crippen LogP contribution is -2.40. The molecule has 2 amide bonds. The second kappa shape index (κ2) is 5.92. The number of carbonyl (C=O) groups is 1. The van der Waals surface area contributed by atoms with E-state index in [1.165, 1.54) is 17.7 Å². The van der Waals surface area contributed by atoms with Gasteiger partial charge in [0.2, 0.25) is 0 Å². The topological polar surface area (TPSA) is 86.8 Å². The Balaban J connectivity index is 1.31. The predicted molar refractivity (Wildman–Crippen MR) is 87.8 cm³/mol. The zero-order valence-corrected chi connectivity index (χ0v) is 13.9. The summed E-state index contributed by atoms with van der Waals surface area (Å²) in [4.78, 5) is 24.2. The number of rotatable bonds is 3. The van der Waals surface area contributed by atoms with Crippen molar-refractivity contribution in [1.29, 1.82) is 0 Å². The minimum absolute atomic E-state index is 0.0497. The van der Waals surface area contributed by atoms with Crippen LogP contribution >= 0.6 is 11.3 Å². The van der Waals surface area contributed by atoms with Crippen LogP contribution in [0.5, 0.6) is 0 Å². The number of amides is 2. The molecular weight excluding hydrogens is 312 g/mol. The van der Waals surface area contributed by atoms with Crippen LogP contribution < -0.4 is 5.32 Å². The molecule has 23 heavy (non-hydrogen) atoms. The molecule has 1 saturated carbocycles. The molecule has 0 spiro atoms. The van der Waals surface area contributed by atoms with Gasteiger partial charge < -0.3 is 4.90 Å². The highest BCUT2D eigenvalue weighted by Gasteiger charge is 2.28. The van der Waals surface area contributed by atoms with Crippen molar-refractivity contribution in [3.63, 3.8) is 0 Å². The molecule has 0 bridgehead atoms. The minimum atomic E-state index is -0.0497. The van der Waals surface area contributed by atoms with E-state index in [4.69, 9.17) is 0 Å². The molecule has 122 valence electrons. The van der Waals surface area contributed by atoms with Gasteiger partial charge in [-0.3, -0.25) is 10.4 Å². The Bertz CT molecular complexity index is 698. The molecule has 4 rings (SSSR count). The van der Waals surface area contributed by atoms with Crippen molar-refractivity contribution in [2.45, 2.75) is 44.4 Å². The van der Waals surface area contributed by atoms with E-state index in [9.17, 15) is 4.79 Å². The van der Waals surface area contributed by atoms with E-state index in [0.717, 1.165) is 37.6 Å². The molecule has 1 aliphatic heterocycles. The summed E-state index contributed by atoms with van der Waals surface area (Å²) in [6.07, 6.45) is 6.20. The van der Waals surface area contributed by atoms with E-state index in [-0.39, 0.29) is 6.03 Å². The summed E-state index contributed by atoms with van der Waals surface area (Å²) in [5, 5.41) is 10.8. The molecule has 0 aromatic carbocycles. The van der Waals surface area contributed by atoms with Crippen LogP contribution in [0.1, 0.15) is 54.0 Å². The number of aromatic nitrogens is 4. The average molecular weight is 332 g/mol. The highest BCUT2D eigenvalue weighted by Crippen LogP contribution is 2.43. The van der Waals surface area contributed by atoms with E-state index in [1.54, 1.807) is 11.3 Å². The van der Waals surface area contributed by atoms with E-state index in [1.807, 2.05) is 18.0 Å². The number of likely N-dealkylation sites (tertiary alicyclic amines) is 1. The van der Waals surface area contributed by atoms with Gasteiger partial charge in [0.15, 0.2) is 11.0 Å². The summed E-state index contributed by atoms with van der Waals surface area (Å²) in [6.45, 7) is 3.36. The lowest BCUT2D eigenvalue weighted by molar-refractivity contribution is 0.193. The molecule has 2 aromatic heterocycles. The van der Waals surface area contributed by atoms with Crippen molar-refractivity contribution in [2.75, 3.05) is 18.4 Å². The predicted octanol–water partition coefficient (Wildman–Crippen LogP) is 2.86. The molecule has 8 heteroatoms. The number of nitrogens with one attached hydrogen (secondary N) is 2. The maximum absolute atomic E-state index is 12.4. The fourth-order valence-corrected chi connectivity index (χ4v) is 3.93. The highest BCUT2D eigenvalue weighted by atomic mass is 32.1. The third-order valence-electron chi connectivity index (χ3n) is 4.48. The van der Waals surface area contributed by atoms with E-state index < -0.39 is 0 Å². The van der Waals surface area contributed by atoms with Gasteiger partial charge in [-0.15, -0.1) is 11.3 Å². The number of urea groups is 1. The maximum atomic E-state index is 12.4. The van der Waals surface area contributed by atoms with Gasteiger partial charge in [0.25, 0.3) is 0 Å². The Kier molecular flexibility index (Phi) is 3.76. The van der Waals surface area contributed by atoms with Crippen LogP contribution in [0.3, 0.4) is 0 Å². The van der Waals surface area contributed by atoms with Crippen LogP contribution in [-0.2, 0) is 0 Å². The third-order valence-corrected chi connectivity index (χ3v) is 5.55. The van der Waals surface area contributed by atoms with Gasteiger partial charge in [-0.2, -0.15) is 5.10 Å². The second-order valence-corrected chi connectivity index (χ2v) is 7.37. The van der Waals surface area contributed by atoms with Crippen LogP contribution in [0, 0.1) is 6.92 Å². The second-order valence-electron chi connectivity index (χ2n) is 6.31. The minimum Gasteiger partial charge on any atom is -0.324 e. The fraction of sp³-hybridized carbons (Fsp3) is 0.600. The van der Waals surface area contributed by atoms with Crippen molar-refractivity contribution in [2.24, 2.45) is 0 Å². The summed E-state index contributed by atoms with van der Waals surface area (Å²) in [5.74, 6) is 2.73. The van der Waals surface area contributed by atoms with Gasteiger partial charge in [0.1, 0.15) is 5.82 Å². The molecule has 2 N–H and O–H groups in total. The number of hydrogen-bond acceptors (Lipinski definition) is 5. The van der Waals surface area contributed by atoms with Crippen molar-refractivity contribution >= 4 is 22.5 Å². The molecule has 2 aromatic rings. The normalized spacial score (nSPS) is 19.1. The largest absolute Gasteiger partial charge is 0.324 e. The van der Waals surface area contributed by atoms with Crippen LogP contribution in [0.2, 0.25) is 0 Å². The van der Waals surface area contributed by atoms with Crippen molar-refractivity contribution in [1.82, 2.24) is 25.1 Å². The molecule has 0 radical (unpaired) electrons. The van der Waals surface area contributed by atoms with Gasteiger partial charge in [-0.1, -0.05) is 0 Å². The molecule has 1 saturated heterocycles. The first-order chi connectivity index (χ1) is 11.2. The number of aromatic amines is 1. The molecule has 0 atom stereocenters. The van der Waals surface area contributed by atoms with Gasteiger partial charge in [-0.25, -0.2) is 14.8 Å². The molecule has 7 nitrogen and oxygen atoms in total. The summed E-state index contributed by atoms with van der Waals surface area (Å²) in [6, 6.07) is -0.0497. The van der Waals surface area contributed by atoms with E-state index in [0.29, 0.717) is 17.0 Å². The number of anilines is 1. The monoisotopic (exact) mass is 332 g/mol. The Morgan fingerprint density at radius 1 is 1.30 bits per heavy atom. The molecule has 2 aliphatic rings. The van der Waals surface area contributed by atoms with Crippen molar-refractivity contribution in [3.8, 4) is 0 Å². The van der Waals surface area contributed by atoms with Gasteiger partial charge in [-0.05, 0) is 38.5 Å². The first-order valence-corrected chi connectivity index (χ1v) is 8.91. The van der Waals surface area contributed by atoms with Crippen molar-refractivity contribution < 1.29 is 4.79 Å². The Labute approximate surface area is 138 Å². The first-order valence-electron chi connectivity index (χ1n) is 8.09. The van der Waals surface area contributed by atoms with E-state index >= 15 is 0 Å². The molecular formula is C15H20N6OS. The summed E-state index contributed by atoms with van der Waals surface area (Å²) in [5.41, 5.74) is 0. The van der Waals surface area contributed by atoms with Crippen LogP contribution in [0.25, 0.3) is 0 Å². The number of piperidine rings is 1. The van der Waals surface area contributed by atoms with Crippen LogP contribution in [0.4, 0.5) is 9.93 Å². The molecule has 2 fully saturated rings. The van der Waals surface area contributed by atoms with Gasteiger partial charge >= 0.3 is 6.03 Å². The maximum Gasteiger partial charge on any atom is 0.323 e. The molecule has 1 aliphatic carbocycles. The van der Waals surface area contributed by atoms with Gasteiger partial charge in [0.05, 0.1) is 0 Å². The third kappa shape index (κ3) is 3.21. The smallest absolute Gasteiger partial charge is 0.323 e. The standard InChI is InChI=1S/C15H20N6OS/c1-9-17-13(20-19-9)11-4-6-21(7-5-11)15(22)18-14-16-8-12(23-14)10-2-3-10/h8,10-11H,2-7H2,1H3,(H,16,18,22)(H,17,19,20). The first kappa shape index (κ1) is 14.6. The van der Waals surface area contributed by atoms with E-state index in [2.05, 4.69) is 25.5 Å². The summed E-state index contributed by atoms with van der Waals surface area (Å²) < 4.78 is 0. The molecule has 3 heterocycles. The Morgan fingerprint density at radius 3 is 2.74 bits per heavy atom. The molecule has 0 unspecified atom stereocenters. The summed E-state index contributed by atoms with van der Waals surface area (Å²) >= 11 is 1.60. The summed E-state index contributed by atoms with van der Waals surface area (Å²) in [7, 11) is 0. The number of aryl methyl sites for hydroxylation is 1. The number of hydrogen-bond donors (Lipinski definition) is 2. The number of nitrogens with zero attached hydrogens (tertiary/aromatic N) is 4. The van der Waals surface area contributed by atoms with Crippen molar-refractivity contribution in [3.05, 3.63) is 22.7 Å². The number of carbonyl (C=O) groups excluding carboxylic acids is 1. The van der Waals surface area contributed by atoms with Crippen LogP contribution in [-0.4, -0.2) is 44.2 Å². The number of thiazole rings is 1. The average Bonchev–Trinajstić information content (AvgIpc) is 3.16. The zero-order valence-electron chi connectivity index (χ0n) is 13.1. The van der Waals surface area contributed by atoms with Crippen LogP contribution in [0.15, 0.2) is 6.20 Å². The van der Waals surface area contributed by atoms with Gasteiger partial charge in [0, 0.05) is 30.1 Å². The Hall–Kier alpha value is -1.96. The highest BCUT2D eigenvalue weighted by molar-refractivity contribution is 7.15. The lowest BCUT2D eigenvalue weighted by atomic mass is 9.96. The lowest BCUT2D eigenvalue weighted by Gasteiger charge is -2.30. The Morgan fingerprint density at radius 2 is 2.09 bits per heavy atom.